The standard InChI is InChI=1S/C14H22N2O/c1-9-6-13-8-16(12(4)17)11(3)14(13)7-10(2)15(9)5/h8-10H,6-7H2,1-5H3. The zero-order valence-electron chi connectivity index (χ0n) is 11.4. The molecular formula is C14H22N2O. The van der Waals surface area contributed by atoms with E-state index in [0.29, 0.717) is 12.1 Å². The van der Waals surface area contributed by atoms with Crippen LogP contribution in [0.4, 0.5) is 0 Å². The number of nitrogens with zero attached hydrogens (tertiary/aromatic N) is 2. The Morgan fingerprint density at radius 3 is 2.47 bits per heavy atom. The minimum Gasteiger partial charge on any atom is -0.300 e. The molecule has 2 unspecified atom stereocenters. The van der Waals surface area contributed by atoms with E-state index in [9.17, 15) is 4.79 Å². The highest BCUT2D eigenvalue weighted by Crippen LogP contribution is 2.26. The molecule has 0 fully saturated rings. The predicted octanol–water partition coefficient (Wildman–Crippen LogP) is 2.26. The van der Waals surface area contributed by atoms with Gasteiger partial charge in [0.2, 0.25) is 5.91 Å². The van der Waals surface area contributed by atoms with Crippen LogP contribution >= 0.6 is 0 Å². The number of carbonyl (C=O) groups is 1. The summed E-state index contributed by atoms with van der Waals surface area (Å²) in [7, 11) is 2.19. The SMILES string of the molecule is CC(=O)n1cc2c(c1C)CC(C)N(C)C(C)C2. The first-order chi connectivity index (χ1) is 7.91. The quantitative estimate of drug-likeness (QED) is 0.688. The van der Waals surface area contributed by atoms with Crippen molar-refractivity contribution in [2.75, 3.05) is 7.05 Å². The normalized spacial score (nSPS) is 25.5. The fourth-order valence-electron chi connectivity index (χ4n) is 2.83. The molecule has 94 valence electrons. The zero-order chi connectivity index (χ0) is 12.7. The Morgan fingerprint density at radius 2 is 1.88 bits per heavy atom. The molecule has 0 amide bonds. The summed E-state index contributed by atoms with van der Waals surface area (Å²) < 4.78 is 1.80. The Morgan fingerprint density at radius 1 is 1.29 bits per heavy atom. The second kappa shape index (κ2) is 4.30. The Balaban J connectivity index is 2.45. The molecule has 0 saturated carbocycles. The van der Waals surface area contributed by atoms with Gasteiger partial charge in [0.05, 0.1) is 0 Å². The van der Waals surface area contributed by atoms with Crippen molar-refractivity contribution < 1.29 is 4.79 Å². The van der Waals surface area contributed by atoms with E-state index in [0.717, 1.165) is 18.5 Å². The third-order valence-electron chi connectivity index (χ3n) is 4.22. The molecule has 0 spiro atoms. The topological polar surface area (TPSA) is 25.2 Å². The van der Waals surface area contributed by atoms with Crippen LogP contribution in [-0.4, -0.2) is 34.5 Å². The minimum atomic E-state index is 0.115. The lowest BCUT2D eigenvalue weighted by atomic mass is 10.0. The molecule has 0 bridgehead atoms. The van der Waals surface area contributed by atoms with Gasteiger partial charge in [0, 0.05) is 30.9 Å². The van der Waals surface area contributed by atoms with Crippen LogP contribution in [0.5, 0.6) is 0 Å². The van der Waals surface area contributed by atoms with Gasteiger partial charge in [0.1, 0.15) is 0 Å². The summed E-state index contributed by atoms with van der Waals surface area (Å²) in [6.45, 7) is 8.20. The van der Waals surface area contributed by atoms with Crippen LogP contribution in [0.3, 0.4) is 0 Å². The summed E-state index contributed by atoms with van der Waals surface area (Å²) in [6.07, 6.45) is 4.12. The lowest BCUT2D eigenvalue weighted by Gasteiger charge is -2.28. The smallest absolute Gasteiger partial charge is 0.227 e. The number of aromatic nitrogens is 1. The van der Waals surface area contributed by atoms with Gasteiger partial charge in [0.25, 0.3) is 0 Å². The molecule has 3 heteroatoms. The minimum absolute atomic E-state index is 0.115. The van der Waals surface area contributed by atoms with Gasteiger partial charge in [-0.15, -0.1) is 0 Å². The number of fused-ring (bicyclic) bond motifs is 1. The van der Waals surface area contributed by atoms with E-state index < -0.39 is 0 Å². The van der Waals surface area contributed by atoms with E-state index in [1.807, 2.05) is 6.20 Å². The van der Waals surface area contributed by atoms with E-state index in [-0.39, 0.29) is 5.91 Å². The molecule has 2 heterocycles. The van der Waals surface area contributed by atoms with Crippen LogP contribution in [0, 0.1) is 6.92 Å². The lowest BCUT2D eigenvalue weighted by molar-refractivity contribution is 0.0934. The molecule has 1 aromatic heterocycles. The Kier molecular flexibility index (Phi) is 3.13. The largest absolute Gasteiger partial charge is 0.300 e. The lowest BCUT2D eigenvalue weighted by Crippen LogP contribution is -2.37. The van der Waals surface area contributed by atoms with E-state index in [4.69, 9.17) is 0 Å². The average molecular weight is 234 g/mol. The molecule has 1 aliphatic rings. The highest BCUT2D eigenvalue weighted by Gasteiger charge is 2.26. The van der Waals surface area contributed by atoms with Crippen LogP contribution in [0.15, 0.2) is 6.20 Å². The Hall–Kier alpha value is -1.09. The van der Waals surface area contributed by atoms with Gasteiger partial charge < -0.3 is 4.90 Å². The van der Waals surface area contributed by atoms with E-state index in [1.165, 1.54) is 11.1 Å². The van der Waals surface area contributed by atoms with Crippen molar-refractivity contribution >= 4 is 5.91 Å². The molecule has 2 atom stereocenters. The Labute approximate surface area is 103 Å². The summed E-state index contributed by atoms with van der Waals surface area (Å²) in [5.74, 6) is 0.115. The van der Waals surface area contributed by atoms with Gasteiger partial charge >= 0.3 is 0 Å². The molecule has 0 saturated heterocycles. The maximum absolute atomic E-state index is 11.5. The molecule has 0 N–H and O–H groups in total. The predicted molar refractivity (Wildman–Crippen MR) is 69.6 cm³/mol. The van der Waals surface area contributed by atoms with E-state index in [1.54, 1.807) is 11.5 Å². The van der Waals surface area contributed by atoms with Crippen LogP contribution in [-0.2, 0) is 12.8 Å². The number of hydrogen-bond donors (Lipinski definition) is 0. The fourth-order valence-corrected chi connectivity index (χ4v) is 2.83. The highest BCUT2D eigenvalue weighted by atomic mass is 16.1. The van der Waals surface area contributed by atoms with Gasteiger partial charge in [-0.1, -0.05) is 0 Å². The first-order valence-electron chi connectivity index (χ1n) is 6.34. The number of rotatable bonds is 0. The summed E-state index contributed by atoms with van der Waals surface area (Å²) in [4.78, 5) is 14.0. The third kappa shape index (κ3) is 2.04. The average Bonchev–Trinajstić information content (AvgIpc) is 2.50. The monoisotopic (exact) mass is 234 g/mol. The van der Waals surface area contributed by atoms with E-state index >= 15 is 0 Å². The second-order valence-electron chi connectivity index (χ2n) is 5.38. The van der Waals surface area contributed by atoms with Crippen LogP contribution in [0.25, 0.3) is 0 Å². The molecular weight excluding hydrogens is 212 g/mol. The van der Waals surface area contributed by atoms with Gasteiger partial charge in [-0.2, -0.15) is 0 Å². The molecule has 17 heavy (non-hydrogen) atoms. The fraction of sp³-hybridized carbons (Fsp3) is 0.643. The van der Waals surface area contributed by atoms with Gasteiger partial charge in [0.15, 0.2) is 0 Å². The van der Waals surface area contributed by atoms with Crippen molar-refractivity contribution in [2.24, 2.45) is 0 Å². The van der Waals surface area contributed by atoms with Crippen molar-refractivity contribution in [1.82, 2.24) is 9.47 Å². The molecule has 0 aliphatic carbocycles. The second-order valence-corrected chi connectivity index (χ2v) is 5.38. The number of hydrogen-bond acceptors (Lipinski definition) is 2. The molecule has 3 nitrogen and oxygen atoms in total. The molecule has 0 radical (unpaired) electrons. The van der Waals surface area contributed by atoms with Gasteiger partial charge in [-0.05, 0) is 51.8 Å². The molecule has 2 rings (SSSR count). The first kappa shape index (κ1) is 12.4. The summed E-state index contributed by atoms with van der Waals surface area (Å²) >= 11 is 0. The maximum atomic E-state index is 11.5. The van der Waals surface area contributed by atoms with Gasteiger partial charge in [-0.25, -0.2) is 0 Å². The summed E-state index contributed by atoms with van der Waals surface area (Å²) in [5, 5.41) is 0. The van der Waals surface area contributed by atoms with Crippen molar-refractivity contribution in [3.05, 3.63) is 23.0 Å². The van der Waals surface area contributed by atoms with E-state index in [2.05, 4.69) is 32.7 Å². The Bertz CT molecular complexity index is 447. The van der Waals surface area contributed by atoms with Crippen molar-refractivity contribution in [3.63, 3.8) is 0 Å². The molecule has 0 aromatic carbocycles. The van der Waals surface area contributed by atoms with Crippen LogP contribution in [0.2, 0.25) is 0 Å². The van der Waals surface area contributed by atoms with Crippen LogP contribution < -0.4 is 0 Å². The third-order valence-corrected chi connectivity index (χ3v) is 4.22. The summed E-state index contributed by atoms with van der Waals surface area (Å²) in [5.41, 5.74) is 3.85. The van der Waals surface area contributed by atoms with Crippen molar-refractivity contribution in [2.45, 2.75) is 52.6 Å². The van der Waals surface area contributed by atoms with Gasteiger partial charge in [-0.3, -0.25) is 9.36 Å². The molecule has 1 aliphatic heterocycles. The summed E-state index contributed by atoms with van der Waals surface area (Å²) in [6, 6.07) is 1.07. The number of likely N-dealkylation sites (N-methyl/N-ethyl adjacent to an activating group) is 1. The van der Waals surface area contributed by atoms with Crippen molar-refractivity contribution in [1.29, 1.82) is 0 Å². The first-order valence-corrected chi connectivity index (χ1v) is 6.34. The number of carbonyl (C=O) groups excluding carboxylic acids is 1. The molecule has 1 aromatic rings. The van der Waals surface area contributed by atoms with Crippen LogP contribution in [0.1, 0.15) is 42.4 Å². The maximum Gasteiger partial charge on any atom is 0.227 e. The zero-order valence-corrected chi connectivity index (χ0v) is 11.4. The highest BCUT2D eigenvalue weighted by molar-refractivity contribution is 5.77. The van der Waals surface area contributed by atoms with Crippen molar-refractivity contribution in [3.8, 4) is 0 Å².